The van der Waals surface area contributed by atoms with Crippen LogP contribution in [0.3, 0.4) is 0 Å². The van der Waals surface area contributed by atoms with Gasteiger partial charge in [-0.3, -0.25) is 9.78 Å². The van der Waals surface area contributed by atoms with Crippen LogP contribution in [-0.4, -0.2) is 35.0 Å². The molecule has 0 saturated heterocycles. The Kier molecular flexibility index (Phi) is 5.89. The Morgan fingerprint density at radius 3 is 3.00 bits per heavy atom. The van der Waals surface area contributed by atoms with E-state index >= 15 is 0 Å². The molecule has 0 spiro atoms. The number of nitrogens with one attached hydrogen (secondary N) is 1. The zero-order valence-corrected chi connectivity index (χ0v) is 13.3. The summed E-state index contributed by atoms with van der Waals surface area (Å²) in [4.78, 5) is 16.3. The monoisotopic (exact) mass is 352 g/mol. The summed E-state index contributed by atoms with van der Waals surface area (Å²) in [5.41, 5.74) is 1.52. The van der Waals surface area contributed by atoms with Gasteiger partial charge in [-0.1, -0.05) is 6.07 Å². The molecule has 0 amide bonds. The van der Waals surface area contributed by atoms with E-state index < -0.39 is 0 Å². The van der Waals surface area contributed by atoms with Crippen molar-refractivity contribution in [2.24, 2.45) is 0 Å². The highest BCUT2D eigenvalue weighted by atomic mass is 79.9. The SMILES string of the molecule is COCCn1ncc(NCCc2ccccn2)c(Br)c1=O. The zero-order valence-electron chi connectivity index (χ0n) is 11.8. The normalized spacial score (nSPS) is 10.6. The number of ether oxygens (including phenoxy) is 1. The number of hydrogen-bond donors (Lipinski definition) is 1. The fourth-order valence-corrected chi connectivity index (χ4v) is 2.24. The number of nitrogens with zero attached hydrogens (tertiary/aromatic N) is 3. The number of anilines is 1. The van der Waals surface area contributed by atoms with Crippen molar-refractivity contribution in [3.8, 4) is 0 Å². The van der Waals surface area contributed by atoms with Crippen molar-refractivity contribution in [2.45, 2.75) is 13.0 Å². The first kappa shape index (κ1) is 15.7. The average molecular weight is 353 g/mol. The van der Waals surface area contributed by atoms with Gasteiger partial charge >= 0.3 is 0 Å². The van der Waals surface area contributed by atoms with Crippen molar-refractivity contribution < 1.29 is 4.74 Å². The number of halogens is 1. The summed E-state index contributed by atoms with van der Waals surface area (Å²) in [6.07, 6.45) is 4.18. The lowest BCUT2D eigenvalue weighted by atomic mass is 10.2. The topological polar surface area (TPSA) is 69.0 Å². The Hall–Kier alpha value is -1.73. The van der Waals surface area contributed by atoms with Crippen molar-refractivity contribution in [3.05, 3.63) is 51.1 Å². The van der Waals surface area contributed by atoms with E-state index in [-0.39, 0.29) is 5.56 Å². The minimum atomic E-state index is -0.171. The third-order valence-electron chi connectivity index (χ3n) is 2.91. The molecule has 0 aromatic carbocycles. The standard InChI is InChI=1S/C14H17BrN4O2/c1-21-9-8-19-14(20)13(15)12(10-18-19)17-7-5-11-4-2-3-6-16-11/h2-4,6,10,17H,5,7-9H2,1H3. The van der Waals surface area contributed by atoms with Crippen molar-refractivity contribution >= 4 is 21.6 Å². The molecule has 112 valence electrons. The van der Waals surface area contributed by atoms with Crippen LogP contribution in [0.1, 0.15) is 5.69 Å². The predicted octanol–water partition coefficient (Wildman–Crippen LogP) is 1.70. The summed E-state index contributed by atoms with van der Waals surface area (Å²) >= 11 is 3.32. The van der Waals surface area contributed by atoms with Crippen molar-refractivity contribution in [1.82, 2.24) is 14.8 Å². The molecule has 0 fully saturated rings. The Bertz CT molecular complexity index is 631. The Morgan fingerprint density at radius 1 is 1.43 bits per heavy atom. The molecule has 0 aliphatic heterocycles. The number of pyridine rings is 1. The van der Waals surface area contributed by atoms with Crippen LogP contribution in [0.15, 0.2) is 39.9 Å². The Labute approximate surface area is 131 Å². The second-order valence-electron chi connectivity index (χ2n) is 4.39. The van der Waals surface area contributed by atoms with E-state index in [1.807, 2.05) is 18.2 Å². The van der Waals surface area contributed by atoms with Crippen LogP contribution >= 0.6 is 15.9 Å². The molecule has 2 aromatic rings. The minimum absolute atomic E-state index is 0.171. The lowest BCUT2D eigenvalue weighted by Gasteiger charge is -2.10. The van der Waals surface area contributed by atoms with Crippen molar-refractivity contribution in [1.29, 1.82) is 0 Å². The Morgan fingerprint density at radius 2 is 2.29 bits per heavy atom. The number of methoxy groups -OCH3 is 1. The number of rotatable bonds is 7. The van der Waals surface area contributed by atoms with Gasteiger partial charge in [0.05, 0.1) is 25.0 Å². The van der Waals surface area contributed by atoms with Gasteiger partial charge in [-0.15, -0.1) is 0 Å². The second-order valence-corrected chi connectivity index (χ2v) is 5.18. The van der Waals surface area contributed by atoms with E-state index in [1.54, 1.807) is 19.5 Å². The maximum absolute atomic E-state index is 12.1. The molecule has 0 aliphatic rings. The van der Waals surface area contributed by atoms with Gasteiger partial charge in [-0.05, 0) is 28.1 Å². The smallest absolute Gasteiger partial charge is 0.283 e. The van der Waals surface area contributed by atoms with Crippen LogP contribution in [0, 0.1) is 0 Å². The summed E-state index contributed by atoms with van der Waals surface area (Å²) in [5, 5.41) is 7.31. The lowest BCUT2D eigenvalue weighted by molar-refractivity contribution is 0.181. The highest BCUT2D eigenvalue weighted by Gasteiger charge is 2.08. The first-order valence-corrected chi connectivity index (χ1v) is 7.40. The van der Waals surface area contributed by atoms with E-state index in [0.717, 1.165) is 12.1 Å². The molecule has 2 aromatic heterocycles. The van der Waals surface area contributed by atoms with Crippen LogP contribution in [0.2, 0.25) is 0 Å². The van der Waals surface area contributed by atoms with E-state index in [1.165, 1.54) is 4.68 Å². The molecule has 0 bridgehead atoms. The molecule has 0 atom stereocenters. The zero-order chi connectivity index (χ0) is 15.1. The fourth-order valence-electron chi connectivity index (χ4n) is 1.80. The minimum Gasteiger partial charge on any atom is -0.383 e. The maximum atomic E-state index is 12.1. The fraction of sp³-hybridized carbons (Fsp3) is 0.357. The van der Waals surface area contributed by atoms with Gasteiger partial charge in [-0.2, -0.15) is 5.10 Å². The second kappa shape index (κ2) is 7.90. The van der Waals surface area contributed by atoms with Crippen LogP contribution in [0.4, 0.5) is 5.69 Å². The van der Waals surface area contributed by atoms with Gasteiger partial charge in [0.15, 0.2) is 0 Å². The third-order valence-corrected chi connectivity index (χ3v) is 3.68. The predicted molar refractivity (Wildman–Crippen MR) is 84.5 cm³/mol. The average Bonchev–Trinajstić information content (AvgIpc) is 2.52. The molecule has 0 saturated carbocycles. The highest BCUT2D eigenvalue weighted by Crippen LogP contribution is 2.15. The molecule has 0 aliphatic carbocycles. The quantitative estimate of drug-likeness (QED) is 0.821. The molecular weight excluding hydrogens is 336 g/mol. The van der Waals surface area contributed by atoms with E-state index in [4.69, 9.17) is 4.74 Å². The van der Waals surface area contributed by atoms with Gasteiger partial charge in [0.2, 0.25) is 0 Å². The van der Waals surface area contributed by atoms with Crippen molar-refractivity contribution in [3.63, 3.8) is 0 Å². The van der Waals surface area contributed by atoms with Gasteiger partial charge in [0.25, 0.3) is 5.56 Å². The number of aromatic nitrogens is 3. The van der Waals surface area contributed by atoms with Gasteiger partial charge < -0.3 is 10.1 Å². The molecule has 2 heterocycles. The van der Waals surface area contributed by atoms with Crippen LogP contribution < -0.4 is 10.9 Å². The summed E-state index contributed by atoms with van der Waals surface area (Å²) < 4.78 is 6.80. The molecule has 7 heteroatoms. The van der Waals surface area contributed by atoms with Crippen LogP contribution in [0.25, 0.3) is 0 Å². The van der Waals surface area contributed by atoms with Gasteiger partial charge in [-0.25, -0.2) is 4.68 Å². The maximum Gasteiger partial charge on any atom is 0.283 e. The van der Waals surface area contributed by atoms with E-state index in [2.05, 4.69) is 31.3 Å². The number of hydrogen-bond acceptors (Lipinski definition) is 5. The highest BCUT2D eigenvalue weighted by molar-refractivity contribution is 9.10. The van der Waals surface area contributed by atoms with Crippen LogP contribution in [-0.2, 0) is 17.7 Å². The van der Waals surface area contributed by atoms with E-state index in [9.17, 15) is 4.79 Å². The lowest BCUT2D eigenvalue weighted by Crippen LogP contribution is -2.26. The van der Waals surface area contributed by atoms with E-state index in [0.29, 0.717) is 29.9 Å². The molecule has 2 rings (SSSR count). The first-order chi connectivity index (χ1) is 10.2. The summed E-state index contributed by atoms with van der Waals surface area (Å²) in [6.45, 7) is 1.56. The van der Waals surface area contributed by atoms with Gasteiger partial charge in [0.1, 0.15) is 4.47 Å². The molecule has 0 unspecified atom stereocenters. The summed E-state index contributed by atoms with van der Waals surface area (Å²) in [6, 6.07) is 5.81. The molecule has 6 nitrogen and oxygen atoms in total. The third kappa shape index (κ3) is 4.37. The molecular formula is C14H17BrN4O2. The van der Waals surface area contributed by atoms with Gasteiger partial charge in [0, 0.05) is 32.0 Å². The first-order valence-electron chi connectivity index (χ1n) is 6.60. The van der Waals surface area contributed by atoms with Crippen LogP contribution in [0.5, 0.6) is 0 Å². The summed E-state index contributed by atoms with van der Waals surface area (Å²) in [7, 11) is 1.59. The largest absolute Gasteiger partial charge is 0.383 e. The Balaban J connectivity index is 1.97. The molecule has 1 N–H and O–H groups in total. The van der Waals surface area contributed by atoms with Crippen molar-refractivity contribution in [2.75, 3.05) is 25.6 Å². The summed E-state index contributed by atoms with van der Waals surface area (Å²) in [5.74, 6) is 0. The molecule has 0 radical (unpaired) electrons. The molecule has 21 heavy (non-hydrogen) atoms.